The molecule has 4 aromatic heterocycles. The number of furan rings is 2. The van der Waals surface area contributed by atoms with Crippen LogP contribution in [0.5, 0.6) is 0 Å². The zero-order valence-corrected chi connectivity index (χ0v) is 26.7. The third kappa shape index (κ3) is 4.67. The Morgan fingerprint density at radius 2 is 1.06 bits per heavy atom. The van der Waals surface area contributed by atoms with Crippen LogP contribution in [0, 0.1) is 0 Å². The van der Waals surface area contributed by atoms with Crippen LogP contribution in [0.1, 0.15) is 0 Å². The number of para-hydroxylation sites is 2. The first-order valence-electron chi connectivity index (χ1n) is 16.6. The van der Waals surface area contributed by atoms with E-state index in [2.05, 4.69) is 96.0 Å². The van der Waals surface area contributed by atoms with Gasteiger partial charge in [0.05, 0.1) is 11.4 Å². The molecule has 6 aromatic carbocycles. The van der Waals surface area contributed by atoms with Crippen molar-refractivity contribution in [1.29, 1.82) is 0 Å². The summed E-state index contributed by atoms with van der Waals surface area (Å²) in [5.74, 6) is 0.651. The summed E-state index contributed by atoms with van der Waals surface area (Å²) in [5, 5.41) is 4.25. The fourth-order valence-electron chi connectivity index (χ4n) is 7.02. The van der Waals surface area contributed by atoms with E-state index in [-0.39, 0.29) is 0 Å². The van der Waals surface area contributed by atoms with E-state index in [4.69, 9.17) is 18.8 Å². The Labute approximate surface area is 287 Å². The van der Waals surface area contributed by atoms with Crippen molar-refractivity contribution in [2.75, 3.05) is 0 Å². The monoisotopic (exact) mass is 641 g/mol. The average molecular weight is 642 g/mol. The second kappa shape index (κ2) is 11.4. The minimum atomic E-state index is 0.651. The highest BCUT2D eigenvalue weighted by Crippen LogP contribution is 2.43. The molecule has 0 bridgehead atoms. The third-order valence-electron chi connectivity index (χ3n) is 9.42. The molecular weight excluding hydrogens is 615 g/mol. The summed E-state index contributed by atoms with van der Waals surface area (Å²) in [7, 11) is 0. The van der Waals surface area contributed by atoms with Crippen molar-refractivity contribution in [1.82, 2.24) is 15.0 Å². The van der Waals surface area contributed by atoms with Gasteiger partial charge in [-0.2, -0.15) is 0 Å². The normalized spacial score (nSPS) is 11.6. The van der Waals surface area contributed by atoms with Gasteiger partial charge in [0.2, 0.25) is 0 Å². The molecule has 10 rings (SSSR count). The van der Waals surface area contributed by atoms with E-state index >= 15 is 0 Å². The molecule has 0 spiro atoms. The molecule has 234 valence electrons. The van der Waals surface area contributed by atoms with E-state index < -0.39 is 0 Å². The van der Waals surface area contributed by atoms with E-state index in [1.807, 2.05) is 73.1 Å². The van der Waals surface area contributed by atoms with E-state index in [9.17, 15) is 0 Å². The minimum Gasteiger partial charge on any atom is -0.456 e. The Morgan fingerprint density at radius 1 is 0.380 bits per heavy atom. The van der Waals surface area contributed by atoms with Crippen LogP contribution in [0.2, 0.25) is 0 Å². The number of aromatic nitrogens is 3. The predicted molar refractivity (Wildman–Crippen MR) is 202 cm³/mol. The van der Waals surface area contributed by atoms with Crippen LogP contribution in [0.25, 0.3) is 100 Å². The van der Waals surface area contributed by atoms with Gasteiger partial charge in [-0.15, -0.1) is 0 Å². The van der Waals surface area contributed by atoms with Gasteiger partial charge in [-0.25, -0.2) is 9.97 Å². The van der Waals surface area contributed by atoms with Crippen LogP contribution < -0.4 is 0 Å². The van der Waals surface area contributed by atoms with Crippen LogP contribution in [0.15, 0.2) is 173 Å². The molecule has 0 atom stereocenters. The Hall–Kier alpha value is -6.85. The van der Waals surface area contributed by atoms with Gasteiger partial charge < -0.3 is 8.83 Å². The highest BCUT2D eigenvalue weighted by Gasteiger charge is 2.20. The van der Waals surface area contributed by atoms with E-state index in [1.165, 1.54) is 0 Å². The second-order valence-corrected chi connectivity index (χ2v) is 12.4. The van der Waals surface area contributed by atoms with Crippen molar-refractivity contribution in [2.24, 2.45) is 0 Å². The van der Waals surface area contributed by atoms with E-state index in [0.717, 1.165) is 94.2 Å². The summed E-state index contributed by atoms with van der Waals surface area (Å²) in [5.41, 5.74) is 12.1. The number of hydrogen-bond donors (Lipinski definition) is 0. The molecule has 0 saturated heterocycles. The van der Waals surface area contributed by atoms with E-state index in [1.54, 1.807) is 0 Å². The minimum absolute atomic E-state index is 0.651. The molecule has 0 aliphatic carbocycles. The van der Waals surface area contributed by atoms with Crippen molar-refractivity contribution in [2.45, 2.75) is 0 Å². The summed E-state index contributed by atoms with van der Waals surface area (Å²) in [6.07, 6.45) is 3.62. The Bertz CT molecular complexity index is 2870. The largest absolute Gasteiger partial charge is 0.456 e. The van der Waals surface area contributed by atoms with Crippen LogP contribution in [0.4, 0.5) is 0 Å². The maximum absolute atomic E-state index is 6.69. The van der Waals surface area contributed by atoms with Gasteiger partial charge in [0.25, 0.3) is 0 Å². The fraction of sp³-hybridized carbons (Fsp3) is 0. The second-order valence-electron chi connectivity index (χ2n) is 12.4. The molecule has 0 fully saturated rings. The average Bonchev–Trinajstić information content (AvgIpc) is 3.77. The van der Waals surface area contributed by atoms with Crippen molar-refractivity contribution in [3.63, 3.8) is 0 Å². The zero-order chi connectivity index (χ0) is 33.0. The zero-order valence-electron chi connectivity index (χ0n) is 26.7. The Balaban J connectivity index is 1.20. The highest BCUT2D eigenvalue weighted by molar-refractivity contribution is 6.16. The number of benzene rings is 6. The summed E-state index contributed by atoms with van der Waals surface area (Å²) >= 11 is 0. The molecule has 0 radical (unpaired) electrons. The number of pyridine rings is 1. The number of hydrogen-bond acceptors (Lipinski definition) is 5. The lowest BCUT2D eigenvalue weighted by Crippen LogP contribution is -1.97. The van der Waals surface area contributed by atoms with E-state index in [0.29, 0.717) is 5.82 Å². The van der Waals surface area contributed by atoms with Crippen molar-refractivity contribution < 1.29 is 8.83 Å². The first-order valence-corrected chi connectivity index (χ1v) is 16.6. The van der Waals surface area contributed by atoms with Gasteiger partial charge in [-0.05, 0) is 71.3 Å². The summed E-state index contributed by atoms with van der Waals surface area (Å²) in [6, 6.07) is 51.8. The van der Waals surface area contributed by atoms with Gasteiger partial charge >= 0.3 is 0 Å². The molecule has 0 saturated carbocycles. The molecule has 5 heteroatoms. The molecule has 0 aliphatic heterocycles. The Morgan fingerprint density at radius 3 is 1.92 bits per heavy atom. The van der Waals surface area contributed by atoms with Gasteiger partial charge in [0.1, 0.15) is 22.3 Å². The first-order chi connectivity index (χ1) is 24.8. The SMILES string of the molecule is c1ccc(-c2cc(-c3ccc(-c4ccc5c(c4)oc4ccccc45)c4oc5ccccc5c34)nc(-c3cccc(-c4ccncc4)c3)n2)cc1. The van der Waals surface area contributed by atoms with Gasteiger partial charge in [0, 0.05) is 56.2 Å². The maximum atomic E-state index is 6.69. The van der Waals surface area contributed by atoms with Crippen molar-refractivity contribution in [3.05, 3.63) is 164 Å². The third-order valence-corrected chi connectivity index (χ3v) is 9.42. The van der Waals surface area contributed by atoms with Crippen LogP contribution in [0.3, 0.4) is 0 Å². The quantitative estimate of drug-likeness (QED) is 0.187. The maximum Gasteiger partial charge on any atom is 0.160 e. The standard InChI is InChI=1S/C45H27N3O2/c1-2-9-29(10-3-1)38-27-39(48-45(47-38)32-12-8-11-30(25-32)28-21-23-46-24-22-28)36-20-19-33(44-43(36)37-14-5-7-16-41(37)50-44)31-17-18-35-34-13-4-6-15-40(34)49-42(35)26-31/h1-27H. The van der Waals surface area contributed by atoms with Gasteiger partial charge in [0.15, 0.2) is 5.82 Å². The van der Waals surface area contributed by atoms with Crippen LogP contribution in [-0.4, -0.2) is 15.0 Å². The summed E-state index contributed by atoms with van der Waals surface area (Å²) < 4.78 is 13.0. The van der Waals surface area contributed by atoms with Gasteiger partial charge in [-0.3, -0.25) is 4.98 Å². The highest BCUT2D eigenvalue weighted by atomic mass is 16.3. The lowest BCUT2D eigenvalue weighted by atomic mass is 9.95. The molecule has 0 amide bonds. The Kier molecular flexibility index (Phi) is 6.42. The molecular formula is C45H27N3O2. The smallest absolute Gasteiger partial charge is 0.160 e. The molecule has 0 N–H and O–H groups in total. The summed E-state index contributed by atoms with van der Waals surface area (Å²) in [4.78, 5) is 14.6. The predicted octanol–water partition coefficient (Wildman–Crippen LogP) is 12.0. The number of rotatable bonds is 5. The van der Waals surface area contributed by atoms with Crippen molar-refractivity contribution >= 4 is 43.9 Å². The number of fused-ring (bicyclic) bond motifs is 6. The molecule has 5 nitrogen and oxygen atoms in total. The van der Waals surface area contributed by atoms with Crippen LogP contribution >= 0.6 is 0 Å². The molecule has 0 unspecified atom stereocenters. The topological polar surface area (TPSA) is 65.0 Å². The lowest BCUT2D eigenvalue weighted by molar-refractivity contribution is 0.668. The lowest BCUT2D eigenvalue weighted by Gasteiger charge is -2.12. The van der Waals surface area contributed by atoms with Gasteiger partial charge in [-0.1, -0.05) is 97.1 Å². The molecule has 4 heterocycles. The number of nitrogens with zero attached hydrogens (tertiary/aromatic N) is 3. The first kappa shape index (κ1) is 28.2. The van der Waals surface area contributed by atoms with Crippen LogP contribution in [-0.2, 0) is 0 Å². The van der Waals surface area contributed by atoms with Crippen molar-refractivity contribution in [3.8, 4) is 56.2 Å². The molecule has 0 aliphatic rings. The molecule has 50 heavy (non-hydrogen) atoms. The summed E-state index contributed by atoms with van der Waals surface area (Å²) in [6.45, 7) is 0. The fourth-order valence-corrected chi connectivity index (χ4v) is 7.02. The molecule has 10 aromatic rings.